The van der Waals surface area contributed by atoms with Crippen molar-refractivity contribution in [3.8, 4) is 0 Å². The molecule has 0 saturated carbocycles. The van der Waals surface area contributed by atoms with E-state index in [0.29, 0.717) is 5.92 Å². The van der Waals surface area contributed by atoms with Crippen LogP contribution in [-0.2, 0) is 6.42 Å². The van der Waals surface area contributed by atoms with Crippen molar-refractivity contribution in [3.05, 3.63) is 58.4 Å². The predicted octanol–water partition coefficient (Wildman–Crippen LogP) is 3.52. The van der Waals surface area contributed by atoms with E-state index in [2.05, 4.69) is 55.2 Å². The van der Waals surface area contributed by atoms with Gasteiger partial charge in [0, 0.05) is 0 Å². The summed E-state index contributed by atoms with van der Waals surface area (Å²) < 4.78 is 0. The molecule has 0 radical (unpaired) electrons. The third kappa shape index (κ3) is 3.05. The molecular weight excluding hydrogens is 246 g/mol. The van der Waals surface area contributed by atoms with Crippen LogP contribution >= 0.6 is 0 Å². The monoisotopic (exact) mass is 269 g/mol. The fraction of sp³-hybridized carbons (Fsp3) is 0.412. The molecule has 20 heavy (non-hydrogen) atoms. The Kier molecular flexibility index (Phi) is 4.50. The van der Waals surface area contributed by atoms with Crippen molar-refractivity contribution in [3.63, 3.8) is 0 Å². The Morgan fingerprint density at radius 2 is 1.65 bits per heavy atom. The van der Waals surface area contributed by atoms with Crippen molar-refractivity contribution < 1.29 is 0 Å². The third-order valence-electron chi connectivity index (χ3n) is 3.66. The zero-order chi connectivity index (χ0) is 14.7. The van der Waals surface area contributed by atoms with E-state index < -0.39 is 0 Å². The first-order chi connectivity index (χ1) is 9.52. The van der Waals surface area contributed by atoms with Crippen molar-refractivity contribution in [2.75, 3.05) is 0 Å². The molecule has 106 valence electrons. The Morgan fingerprint density at radius 3 is 2.20 bits per heavy atom. The van der Waals surface area contributed by atoms with Crippen LogP contribution in [0.2, 0.25) is 0 Å². The average Bonchev–Trinajstić information content (AvgIpc) is 2.46. The molecule has 3 heteroatoms. The Morgan fingerprint density at radius 1 is 1.05 bits per heavy atom. The van der Waals surface area contributed by atoms with Gasteiger partial charge in [-0.25, -0.2) is 0 Å². The van der Waals surface area contributed by atoms with Gasteiger partial charge in [-0.05, 0) is 42.0 Å². The largest absolute Gasteiger partial charge is 0.320 e. The maximum atomic E-state index is 6.42. The van der Waals surface area contributed by atoms with Crippen molar-refractivity contribution in [1.29, 1.82) is 0 Å². The number of benzene rings is 1. The summed E-state index contributed by atoms with van der Waals surface area (Å²) in [6, 6.07) is 10.5. The molecule has 0 amide bonds. The molecule has 0 aliphatic carbocycles. The summed E-state index contributed by atoms with van der Waals surface area (Å²) in [4.78, 5) is 0. The quantitative estimate of drug-likeness (QED) is 0.924. The number of hydrogen-bond acceptors (Lipinski definition) is 3. The van der Waals surface area contributed by atoms with Gasteiger partial charge in [-0.3, -0.25) is 0 Å². The summed E-state index contributed by atoms with van der Waals surface area (Å²) in [5.74, 6) is 0.538. The molecule has 0 aliphatic rings. The summed E-state index contributed by atoms with van der Waals surface area (Å²) in [7, 11) is 0. The summed E-state index contributed by atoms with van der Waals surface area (Å²) >= 11 is 0. The standard InChI is InChI=1S/C17H23N3/c1-5-16-15(10-12(4)19-20-16)17(18)14-8-6-13(7-9-14)11(2)3/h6-11,17H,5,18H2,1-4H3. The maximum Gasteiger partial charge on any atom is 0.0679 e. The minimum absolute atomic E-state index is 0.139. The molecule has 0 aliphatic heterocycles. The minimum atomic E-state index is -0.139. The third-order valence-corrected chi connectivity index (χ3v) is 3.66. The Bertz CT molecular complexity index is 573. The van der Waals surface area contributed by atoms with Crippen LogP contribution in [0.4, 0.5) is 0 Å². The molecule has 1 heterocycles. The molecule has 2 aromatic rings. The first-order valence-electron chi connectivity index (χ1n) is 7.21. The highest BCUT2D eigenvalue weighted by Gasteiger charge is 2.14. The smallest absolute Gasteiger partial charge is 0.0679 e. The number of hydrogen-bond donors (Lipinski definition) is 1. The van der Waals surface area contributed by atoms with E-state index in [-0.39, 0.29) is 6.04 Å². The molecule has 1 aromatic carbocycles. The lowest BCUT2D eigenvalue weighted by Gasteiger charge is -2.16. The summed E-state index contributed by atoms with van der Waals surface area (Å²) in [5.41, 5.74) is 11.8. The van der Waals surface area contributed by atoms with Gasteiger partial charge in [0.15, 0.2) is 0 Å². The van der Waals surface area contributed by atoms with Crippen LogP contribution in [0.1, 0.15) is 60.8 Å². The maximum absolute atomic E-state index is 6.42. The van der Waals surface area contributed by atoms with Gasteiger partial charge < -0.3 is 5.73 Å². The second-order valence-corrected chi connectivity index (χ2v) is 5.54. The number of nitrogens with two attached hydrogens (primary N) is 1. The number of rotatable bonds is 4. The minimum Gasteiger partial charge on any atom is -0.320 e. The zero-order valence-corrected chi connectivity index (χ0v) is 12.7. The first kappa shape index (κ1) is 14.7. The SMILES string of the molecule is CCc1nnc(C)cc1C(N)c1ccc(C(C)C)cc1. The van der Waals surface area contributed by atoms with Crippen LogP contribution in [-0.4, -0.2) is 10.2 Å². The molecule has 2 N–H and O–H groups in total. The van der Waals surface area contributed by atoms with Crippen LogP contribution in [0.3, 0.4) is 0 Å². The van der Waals surface area contributed by atoms with Gasteiger partial charge in [0.2, 0.25) is 0 Å². The van der Waals surface area contributed by atoms with Gasteiger partial charge in [0.05, 0.1) is 17.4 Å². The molecule has 0 bridgehead atoms. The van der Waals surface area contributed by atoms with Crippen LogP contribution in [0, 0.1) is 6.92 Å². The lowest BCUT2D eigenvalue weighted by Crippen LogP contribution is -2.16. The van der Waals surface area contributed by atoms with Crippen LogP contribution in [0.5, 0.6) is 0 Å². The molecule has 0 saturated heterocycles. The lowest BCUT2D eigenvalue weighted by atomic mass is 9.94. The molecule has 2 rings (SSSR count). The van der Waals surface area contributed by atoms with Crippen molar-refractivity contribution >= 4 is 0 Å². The first-order valence-corrected chi connectivity index (χ1v) is 7.21. The topological polar surface area (TPSA) is 51.8 Å². The highest BCUT2D eigenvalue weighted by atomic mass is 15.1. The Hall–Kier alpha value is -1.74. The molecule has 0 spiro atoms. The van der Waals surface area contributed by atoms with E-state index in [1.54, 1.807) is 0 Å². The summed E-state index contributed by atoms with van der Waals surface area (Å²) in [6.07, 6.45) is 0.848. The van der Waals surface area contributed by atoms with E-state index in [4.69, 9.17) is 5.73 Å². The van der Waals surface area contributed by atoms with E-state index >= 15 is 0 Å². The van der Waals surface area contributed by atoms with Gasteiger partial charge >= 0.3 is 0 Å². The molecule has 1 unspecified atom stereocenters. The van der Waals surface area contributed by atoms with Gasteiger partial charge in [-0.2, -0.15) is 10.2 Å². The number of aromatic nitrogens is 2. The van der Waals surface area contributed by atoms with Gasteiger partial charge in [0.25, 0.3) is 0 Å². The average molecular weight is 269 g/mol. The van der Waals surface area contributed by atoms with E-state index in [1.807, 2.05) is 13.0 Å². The van der Waals surface area contributed by atoms with E-state index in [9.17, 15) is 0 Å². The fourth-order valence-corrected chi connectivity index (χ4v) is 2.35. The predicted molar refractivity (Wildman–Crippen MR) is 82.7 cm³/mol. The van der Waals surface area contributed by atoms with E-state index in [0.717, 1.165) is 28.9 Å². The van der Waals surface area contributed by atoms with Crippen LogP contribution < -0.4 is 5.73 Å². The lowest BCUT2D eigenvalue weighted by molar-refractivity contribution is 0.787. The molecule has 1 aromatic heterocycles. The molecule has 0 fully saturated rings. The second kappa shape index (κ2) is 6.14. The van der Waals surface area contributed by atoms with Crippen molar-refractivity contribution in [2.24, 2.45) is 5.73 Å². The van der Waals surface area contributed by atoms with Crippen molar-refractivity contribution in [2.45, 2.75) is 46.1 Å². The highest BCUT2D eigenvalue weighted by Crippen LogP contribution is 2.24. The van der Waals surface area contributed by atoms with Gasteiger partial charge in [0.1, 0.15) is 0 Å². The van der Waals surface area contributed by atoms with E-state index in [1.165, 1.54) is 5.56 Å². The van der Waals surface area contributed by atoms with Crippen molar-refractivity contribution in [1.82, 2.24) is 10.2 Å². The van der Waals surface area contributed by atoms with Gasteiger partial charge in [-0.15, -0.1) is 0 Å². The second-order valence-electron chi connectivity index (χ2n) is 5.54. The molecule has 1 atom stereocenters. The number of nitrogens with zero attached hydrogens (tertiary/aromatic N) is 2. The van der Waals surface area contributed by atoms with Gasteiger partial charge in [-0.1, -0.05) is 45.0 Å². The molecule has 3 nitrogen and oxygen atoms in total. The zero-order valence-electron chi connectivity index (χ0n) is 12.7. The molecular formula is C17H23N3. The fourth-order valence-electron chi connectivity index (χ4n) is 2.35. The Balaban J connectivity index is 2.35. The van der Waals surface area contributed by atoms with Crippen LogP contribution in [0.15, 0.2) is 30.3 Å². The highest BCUT2D eigenvalue weighted by molar-refractivity contribution is 5.36. The van der Waals surface area contributed by atoms with Crippen LogP contribution in [0.25, 0.3) is 0 Å². The number of aryl methyl sites for hydroxylation is 2. The summed E-state index contributed by atoms with van der Waals surface area (Å²) in [5, 5.41) is 8.38. The Labute approximate surface area is 121 Å². The normalized spacial score (nSPS) is 12.7. The summed E-state index contributed by atoms with van der Waals surface area (Å²) in [6.45, 7) is 8.42.